The van der Waals surface area contributed by atoms with Gasteiger partial charge in [-0.25, -0.2) is 0 Å². The van der Waals surface area contributed by atoms with E-state index < -0.39 is 0 Å². The number of pyridine rings is 1. The van der Waals surface area contributed by atoms with Crippen LogP contribution < -0.4 is 5.32 Å². The molecule has 0 radical (unpaired) electrons. The Kier molecular flexibility index (Phi) is 5.35. The Hall–Kier alpha value is -1.97. The van der Waals surface area contributed by atoms with Gasteiger partial charge < -0.3 is 10.1 Å². The summed E-state index contributed by atoms with van der Waals surface area (Å²) in [4.78, 5) is 4.09. The minimum atomic E-state index is 0.127. The van der Waals surface area contributed by atoms with Crippen LogP contribution in [0.15, 0.2) is 60.9 Å². The van der Waals surface area contributed by atoms with E-state index in [1.54, 1.807) is 0 Å². The van der Waals surface area contributed by atoms with Gasteiger partial charge in [-0.05, 0) is 36.1 Å². The van der Waals surface area contributed by atoms with Crippen molar-refractivity contribution < 1.29 is 4.74 Å². The van der Waals surface area contributed by atoms with Crippen LogP contribution in [0.5, 0.6) is 0 Å². The number of rotatable bonds is 5. The lowest BCUT2D eigenvalue weighted by Gasteiger charge is -2.32. The molecule has 1 aliphatic rings. The highest BCUT2D eigenvalue weighted by Crippen LogP contribution is 2.27. The van der Waals surface area contributed by atoms with Crippen LogP contribution in [0.3, 0.4) is 0 Å². The first-order chi connectivity index (χ1) is 10.9. The molecule has 22 heavy (non-hydrogen) atoms. The molecule has 2 heterocycles. The Labute approximate surface area is 132 Å². The zero-order valence-corrected chi connectivity index (χ0v) is 12.7. The summed E-state index contributed by atoms with van der Waals surface area (Å²) in [6.45, 7) is 1.69. The average Bonchev–Trinajstić information content (AvgIpc) is 2.61. The van der Waals surface area contributed by atoms with Crippen molar-refractivity contribution in [3.63, 3.8) is 0 Å². The number of nitrogens with one attached hydrogen (secondary N) is 1. The lowest BCUT2D eigenvalue weighted by Crippen LogP contribution is -2.39. The monoisotopic (exact) mass is 294 g/mol. The summed E-state index contributed by atoms with van der Waals surface area (Å²) in [5.74, 6) is 0. The first-order valence-corrected chi connectivity index (χ1v) is 7.90. The quantitative estimate of drug-likeness (QED) is 0.915. The van der Waals surface area contributed by atoms with E-state index in [2.05, 4.69) is 46.7 Å². The maximum Gasteiger partial charge on any atom is 0.0978 e. The smallest absolute Gasteiger partial charge is 0.0978 e. The molecule has 2 atom stereocenters. The predicted molar refractivity (Wildman–Crippen MR) is 89.4 cm³/mol. The molecular weight excluding hydrogens is 272 g/mol. The molecule has 1 N–H and O–H groups in total. The summed E-state index contributed by atoms with van der Waals surface area (Å²) in [7, 11) is 0. The van der Waals surface area contributed by atoms with E-state index in [1.165, 1.54) is 11.1 Å². The number of nitrogens with zero attached hydrogens (tertiary/aromatic N) is 1. The van der Waals surface area contributed by atoms with Crippen molar-refractivity contribution in [2.24, 2.45) is 0 Å². The third-order valence-corrected chi connectivity index (χ3v) is 3.96. The van der Waals surface area contributed by atoms with Crippen molar-refractivity contribution >= 4 is 6.08 Å². The number of aromatic nitrogens is 1. The van der Waals surface area contributed by atoms with Crippen molar-refractivity contribution in [2.45, 2.75) is 25.0 Å². The van der Waals surface area contributed by atoms with E-state index in [1.807, 2.05) is 30.6 Å². The molecule has 1 aliphatic heterocycles. The predicted octanol–water partition coefficient (Wildman–Crippen LogP) is 3.60. The number of hydrogen-bond acceptors (Lipinski definition) is 3. The summed E-state index contributed by atoms with van der Waals surface area (Å²) < 4.78 is 5.98. The van der Waals surface area contributed by atoms with Crippen LogP contribution in [-0.2, 0) is 4.74 Å². The van der Waals surface area contributed by atoms with Gasteiger partial charge in [-0.2, -0.15) is 0 Å². The molecule has 1 aromatic carbocycles. The van der Waals surface area contributed by atoms with E-state index in [0.29, 0.717) is 6.04 Å². The van der Waals surface area contributed by atoms with Crippen molar-refractivity contribution in [2.75, 3.05) is 13.2 Å². The van der Waals surface area contributed by atoms with E-state index >= 15 is 0 Å². The van der Waals surface area contributed by atoms with E-state index in [0.717, 1.165) is 26.0 Å². The fourth-order valence-corrected chi connectivity index (χ4v) is 2.85. The Morgan fingerprint density at radius 2 is 1.95 bits per heavy atom. The van der Waals surface area contributed by atoms with Gasteiger partial charge >= 0.3 is 0 Å². The Bertz CT molecular complexity index is 583. The van der Waals surface area contributed by atoms with Gasteiger partial charge in [0.05, 0.1) is 6.10 Å². The highest BCUT2D eigenvalue weighted by atomic mass is 16.5. The fourth-order valence-electron chi connectivity index (χ4n) is 2.85. The molecule has 0 bridgehead atoms. The van der Waals surface area contributed by atoms with Crippen molar-refractivity contribution in [1.82, 2.24) is 10.3 Å². The van der Waals surface area contributed by atoms with Gasteiger partial charge in [0.15, 0.2) is 0 Å². The van der Waals surface area contributed by atoms with Crippen LogP contribution in [0.4, 0.5) is 0 Å². The van der Waals surface area contributed by atoms with Gasteiger partial charge in [-0.15, -0.1) is 0 Å². The SMILES string of the molecule is C(=C\c1ccccc1)/CN[C@H]1CCCO[C@@H]1c1ccncc1. The molecular formula is C19H22N2O. The molecule has 0 amide bonds. The number of ether oxygens (including phenoxy) is 1. The summed E-state index contributed by atoms with van der Waals surface area (Å²) in [6.07, 6.45) is 10.4. The second-order valence-corrected chi connectivity index (χ2v) is 5.54. The summed E-state index contributed by atoms with van der Waals surface area (Å²) >= 11 is 0. The maximum absolute atomic E-state index is 5.98. The van der Waals surface area contributed by atoms with Gasteiger partial charge in [0.1, 0.15) is 0 Å². The van der Waals surface area contributed by atoms with E-state index in [9.17, 15) is 0 Å². The Morgan fingerprint density at radius 1 is 1.14 bits per heavy atom. The third kappa shape index (κ3) is 4.03. The second-order valence-electron chi connectivity index (χ2n) is 5.54. The van der Waals surface area contributed by atoms with Gasteiger partial charge in [0.25, 0.3) is 0 Å². The average molecular weight is 294 g/mol. The standard InChI is InChI=1S/C19H22N2O/c1-2-6-16(7-3-1)8-4-12-21-18-9-5-15-22-19(18)17-10-13-20-14-11-17/h1-4,6-8,10-11,13-14,18-19,21H,5,9,12,15H2/b8-4+/t18-,19+/m0/s1. The molecule has 3 rings (SSSR count). The van der Waals surface area contributed by atoms with E-state index in [4.69, 9.17) is 4.74 Å². The first kappa shape index (κ1) is 14.9. The first-order valence-electron chi connectivity index (χ1n) is 7.90. The Morgan fingerprint density at radius 3 is 2.77 bits per heavy atom. The minimum absolute atomic E-state index is 0.127. The van der Waals surface area contributed by atoms with Crippen LogP contribution in [0, 0.1) is 0 Å². The third-order valence-electron chi connectivity index (χ3n) is 3.96. The number of benzene rings is 1. The van der Waals surface area contributed by atoms with Gasteiger partial charge in [-0.1, -0.05) is 42.5 Å². The van der Waals surface area contributed by atoms with Crippen LogP contribution in [0.25, 0.3) is 6.08 Å². The highest BCUT2D eigenvalue weighted by molar-refractivity contribution is 5.48. The van der Waals surface area contributed by atoms with Crippen LogP contribution in [0.1, 0.15) is 30.1 Å². The maximum atomic E-state index is 5.98. The van der Waals surface area contributed by atoms with Crippen LogP contribution >= 0.6 is 0 Å². The van der Waals surface area contributed by atoms with Crippen LogP contribution in [0.2, 0.25) is 0 Å². The zero-order valence-electron chi connectivity index (χ0n) is 12.7. The van der Waals surface area contributed by atoms with Gasteiger partial charge in [0, 0.05) is 31.6 Å². The topological polar surface area (TPSA) is 34.1 Å². The second kappa shape index (κ2) is 7.87. The molecule has 1 saturated heterocycles. The molecule has 0 unspecified atom stereocenters. The molecule has 0 saturated carbocycles. The minimum Gasteiger partial charge on any atom is -0.372 e. The van der Waals surface area contributed by atoms with Crippen molar-refractivity contribution in [1.29, 1.82) is 0 Å². The van der Waals surface area contributed by atoms with Crippen LogP contribution in [-0.4, -0.2) is 24.2 Å². The molecule has 114 valence electrons. The zero-order chi connectivity index (χ0) is 15.0. The van der Waals surface area contributed by atoms with Gasteiger partial charge in [0.2, 0.25) is 0 Å². The van der Waals surface area contributed by atoms with Crippen molar-refractivity contribution in [3.05, 3.63) is 72.1 Å². The number of hydrogen-bond donors (Lipinski definition) is 1. The summed E-state index contributed by atoms with van der Waals surface area (Å²) in [6, 6.07) is 14.8. The molecule has 0 aliphatic carbocycles. The lowest BCUT2D eigenvalue weighted by atomic mass is 9.96. The molecule has 3 heteroatoms. The lowest BCUT2D eigenvalue weighted by molar-refractivity contribution is -0.00970. The summed E-state index contributed by atoms with van der Waals surface area (Å²) in [5.41, 5.74) is 2.44. The molecule has 3 nitrogen and oxygen atoms in total. The summed E-state index contributed by atoms with van der Waals surface area (Å²) in [5, 5.41) is 3.61. The largest absolute Gasteiger partial charge is 0.372 e. The van der Waals surface area contributed by atoms with Gasteiger partial charge in [-0.3, -0.25) is 4.98 Å². The fraction of sp³-hybridized carbons (Fsp3) is 0.316. The highest BCUT2D eigenvalue weighted by Gasteiger charge is 2.26. The molecule has 0 spiro atoms. The molecule has 1 aromatic heterocycles. The normalized spacial score (nSPS) is 22.0. The Balaban J connectivity index is 1.57. The van der Waals surface area contributed by atoms with E-state index in [-0.39, 0.29) is 6.10 Å². The molecule has 2 aromatic rings. The molecule has 1 fully saturated rings. The van der Waals surface area contributed by atoms with Crippen molar-refractivity contribution in [3.8, 4) is 0 Å².